The highest BCUT2D eigenvalue weighted by Crippen LogP contribution is 2.38. The van der Waals surface area contributed by atoms with Crippen molar-refractivity contribution in [3.05, 3.63) is 83.5 Å². The van der Waals surface area contributed by atoms with Crippen LogP contribution in [-0.2, 0) is 60.7 Å². The zero-order chi connectivity index (χ0) is 64.2. The number of epoxide rings is 1. The molecule has 2 saturated heterocycles. The molecule has 0 bridgehead atoms. The summed E-state index contributed by atoms with van der Waals surface area (Å²) < 4.78 is 23.3. The number of ether oxygens (including phenoxy) is 4. The van der Waals surface area contributed by atoms with Crippen LogP contribution in [0.4, 0.5) is 14.4 Å². The zero-order valence-corrected chi connectivity index (χ0v) is 51.9. The molecule has 12 atom stereocenters. The Labute approximate surface area is 511 Å². The second-order valence-corrected chi connectivity index (χ2v) is 24.6. The molecule has 2 fully saturated rings. The Kier molecular flexibility index (Phi) is 27.4. The topological polar surface area (TPSA) is 335 Å². The molecule has 0 spiro atoms. The SMILES string of the molecule is CC[C@H](O)[C@@H](C)[C@H]1O[C@@H]1C[C@@](C)(O)/C=C/C=C(\C)[C@H]1OC(=O)C[C@H](O)CC[C@@](C)(O)[C@@H](OC(=O)N2CCN(C(=O)OCc3ccc(CC(=O)[C@H](CCCNC(N)=O)NC(=O)[C@@H](CC(=O)CCCCCN4C(=O)C=CC4=O)C(C)C)cc3)CC2)/C=C/[C@@H]1C. The van der Waals surface area contributed by atoms with E-state index in [0.29, 0.717) is 55.2 Å². The number of imide groups is 1. The van der Waals surface area contributed by atoms with Crippen LogP contribution in [0.2, 0.25) is 0 Å². The van der Waals surface area contributed by atoms with Crippen molar-refractivity contribution >= 4 is 53.5 Å². The minimum Gasteiger partial charge on any atom is -0.457 e. The molecule has 5 rings (SSSR count). The number of nitrogens with two attached hydrogens (primary N) is 1. The summed E-state index contributed by atoms with van der Waals surface area (Å²) in [6.45, 7) is 15.0. The maximum atomic E-state index is 13.8. The molecule has 0 aromatic heterocycles. The Hall–Kier alpha value is -6.79. The van der Waals surface area contributed by atoms with E-state index in [-0.39, 0.29) is 138 Å². The van der Waals surface area contributed by atoms with E-state index in [4.69, 9.17) is 24.7 Å². The van der Waals surface area contributed by atoms with Crippen molar-refractivity contribution in [2.75, 3.05) is 39.3 Å². The van der Waals surface area contributed by atoms with E-state index in [1.807, 2.05) is 27.7 Å². The lowest BCUT2D eigenvalue weighted by Gasteiger charge is -2.37. The van der Waals surface area contributed by atoms with Gasteiger partial charge in [-0.2, -0.15) is 0 Å². The van der Waals surface area contributed by atoms with Gasteiger partial charge in [0.25, 0.3) is 11.8 Å². The Morgan fingerprint density at radius 3 is 2.21 bits per heavy atom. The van der Waals surface area contributed by atoms with Crippen molar-refractivity contribution < 1.29 is 82.5 Å². The summed E-state index contributed by atoms with van der Waals surface area (Å²) in [5.41, 5.74) is 4.21. The molecule has 4 aliphatic rings. The number of nitrogens with zero attached hydrogens (tertiary/aromatic N) is 3. The minimum absolute atomic E-state index is 0.00285. The number of allylic oxidation sites excluding steroid dienone is 2. The number of rotatable bonds is 29. The minimum atomic E-state index is -1.67. The number of ketones is 2. The molecule has 1 aromatic carbocycles. The molecule has 0 radical (unpaired) electrons. The summed E-state index contributed by atoms with van der Waals surface area (Å²) in [5.74, 6) is -3.72. The number of urea groups is 1. The van der Waals surface area contributed by atoms with Crippen LogP contribution >= 0.6 is 0 Å². The first-order chi connectivity index (χ1) is 41.1. The summed E-state index contributed by atoms with van der Waals surface area (Å²) in [6, 6.07) is 5.19. The van der Waals surface area contributed by atoms with Crippen LogP contribution in [-0.4, -0.2) is 182 Å². The van der Waals surface area contributed by atoms with E-state index < -0.39 is 83.6 Å². The van der Waals surface area contributed by atoms with Gasteiger partial charge >= 0.3 is 24.2 Å². The number of piperazine rings is 1. The first-order valence-corrected chi connectivity index (χ1v) is 30.6. The number of esters is 1. The van der Waals surface area contributed by atoms with Gasteiger partial charge in [0, 0.05) is 94.9 Å². The Morgan fingerprint density at radius 2 is 1.57 bits per heavy atom. The smallest absolute Gasteiger partial charge is 0.410 e. The highest BCUT2D eigenvalue weighted by molar-refractivity contribution is 6.12. The van der Waals surface area contributed by atoms with Gasteiger partial charge in [0.1, 0.15) is 24.1 Å². The molecule has 1 aromatic rings. The Morgan fingerprint density at radius 1 is 0.931 bits per heavy atom. The van der Waals surface area contributed by atoms with Gasteiger partial charge in [0.2, 0.25) is 5.91 Å². The van der Waals surface area contributed by atoms with Crippen LogP contribution in [0.25, 0.3) is 0 Å². The predicted octanol–water partition coefficient (Wildman–Crippen LogP) is 5.43. The number of carbonyl (C=O) groups excluding carboxylic acids is 9. The van der Waals surface area contributed by atoms with Crippen LogP contribution in [0.5, 0.6) is 0 Å². The largest absolute Gasteiger partial charge is 0.457 e. The van der Waals surface area contributed by atoms with Crippen LogP contribution in [0.15, 0.2) is 72.4 Å². The second-order valence-electron chi connectivity index (χ2n) is 24.6. The van der Waals surface area contributed by atoms with Crippen LogP contribution in [0.1, 0.15) is 144 Å². The molecule has 23 nitrogen and oxygen atoms in total. The van der Waals surface area contributed by atoms with E-state index in [2.05, 4.69) is 10.6 Å². The molecule has 7 amide bonds. The fraction of sp³-hybridized carbons (Fsp3) is 0.641. The fourth-order valence-electron chi connectivity index (χ4n) is 10.9. The monoisotopic (exact) mass is 1220 g/mol. The van der Waals surface area contributed by atoms with Crippen LogP contribution < -0.4 is 16.4 Å². The molecule has 482 valence electrons. The number of benzene rings is 1. The van der Waals surface area contributed by atoms with Gasteiger partial charge in [-0.15, -0.1) is 0 Å². The number of primary amides is 1. The molecule has 0 aliphatic carbocycles. The first-order valence-electron chi connectivity index (χ1n) is 30.6. The summed E-state index contributed by atoms with van der Waals surface area (Å²) >= 11 is 0. The standard InChI is InChI=1S/C64H94N6O17/c1-9-50(73)43(6)58-52(85-58)38-63(7,82)27-13-15-41(4)57-42(5)18-23-53(64(8,83)28-26-47(72)37-56(77)87-57)86-62(81)69-33-31-68(32-34-69)61(80)84-39-45-21-19-44(20-22-45)35-51(74)49(17-14-29-66-60(65)79)67-59(78)48(40(2)3)36-46(71)16-11-10-12-30-70-54(75)24-25-55(70)76/h13,15,18-25,27,40,42-43,47-50,52-53,57-58,72-73,82-83H,9-12,14,16-17,26,28-39H2,1-8H3,(H,67,78)(H3,65,66,79)/b23-18+,27-13+,41-15+/t42-,43+,47+,48-,49-,50-,52+,53-,57+,58+,63-,64+/m0/s1. The van der Waals surface area contributed by atoms with Crippen molar-refractivity contribution in [2.24, 2.45) is 29.4 Å². The number of unbranched alkanes of at least 4 members (excludes halogenated alkanes) is 2. The van der Waals surface area contributed by atoms with E-state index in [1.165, 1.54) is 28.9 Å². The van der Waals surface area contributed by atoms with Crippen molar-refractivity contribution in [1.82, 2.24) is 25.3 Å². The highest BCUT2D eigenvalue weighted by Gasteiger charge is 2.47. The average molecular weight is 1220 g/mol. The predicted molar refractivity (Wildman–Crippen MR) is 321 cm³/mol. The van der Waals surface area contributed by atoms with E-state index in [9.17, 15) is 63.6 Å². The first kappa shape index (κ1) is 71.0. The van der Waals surface area contributed by atoms with Gasteiger partial charge in [-0.1, -0.05) is 89.6 Å². The molecule has 0 unspecified atom stereocenters. The van der Waals surface area contributed by atoms with E-state index in [1.54, 1.807) is 75.4 Å². The number of cyclic esters (lactones) is 1. The summed E-state index contributed by atoms with van der Waals surface area (Å²) in [7, 11) is 0. The van der Waals surface area contributed by atoms with E-state index in [0.717, 1.165) is 4.90 Å². The van der Waals surface area contributed by atoms with Gasteiger partial charge in [-0.25, -0.2) is 14.4 Å². The molecule has 4 heterocycles. The lowest BCUT2D eigenvalue weighted by molar-refractivity contribution is -0.151. The number of carbonyl (C=O) groups is 9. The summed E-state index contributed by atoms with van der Waals surface area (Å²) in [5, 5.41) is 49.3. The normalized spacial score (nSPS) is 25.3. The van der Waals surface area contributed by atoms with Gasteiger partial charge < -0.3 is 65.5 Å². The maximum Gasteiger partial charge on any atom is 0.410 e. The van der Waals surface area contributed by atoms with Crippen LogP contribution in [0.3, 0.4) is 0 Å². The molecular weight excluding hydrogens is 1120 g/mol. The van der Waals surface area contributed by atoms with Crippen molar-refractivity contribution in [3.8, 4) is 0 Å². The molecule has 23 heteroatoms. The molecule has 8 N–H and O–H groups in total. The summed E-state index contributed by atoms with van der Waals surface area (Å²) in [6.07, 6.45) is 8.24. The fourth-order valence-corrected chi connectivity index (χ4v) is 10.9. The van der Waals surface area contributed by atoms with Crippen molar-refractivity contribution in [2.45, 2.75) is 199 Å². The lowest BCUT2D eigenvalue weighted by Crippen LogP contribution is -2.52. The zero-order valence-electron chi connectivity index (χ0n) is 51.9. The van der Waals surface area contributed by atoms with Gasteiger partial charge in [0.15, 0.2) is 11.9 Å². The van der Waals surface area contributed by atoms with Gasteiger partial charge in [-0.3, -0.25) is 33.7 Å². The number of amides is 7. The van der Waals surface area contributed by atoms with Gasteiger partial charge in [-0.05, 0) is 94.4 Å². The number of hydrogen-bond acceptors (Lipinski definition) is 17. The van der Waals surface area contributed by atoms with E-state index >= 15 is 0 Å². The quantitative estimate of drug-likeness (QED) is 0.0100. The molecule has 87 heavy (non-hydrogen) atoms. The third-order valence-corrected chi connectivity index (χ3v) is 16.7. The Balaban J connectivity index is 1.11. The lowest BCUT2D eigenvalue weighted by atomic mass is 9.88. The number of Topliss-reactive ketones (excluding diaryl/α,β-unsaturated/α-hetero) is 2. The molecule has 0 saturated carbocycles. The highest BCUT2D eigenvalue weighted by atomic mass is 16.6. The second kappa shape index (κ2) is 33.5. The van der Waals surface area contributed by atoms with Crippen molar-refractivity contribution in [3.63, 3.8) is 0 Å². The number of aliphatic hydroxyl groups is 4. The van der Waals surface area contributed by atoms with Crippen molar-refractivity contribution in [1.29, 1.82) is 0 Å². The third kappa shape index (κ3) is 23.0. The maximum absolute atomic E-state index is 13.8. The van der Waals surface area contributed by atoms with Gasteiger partial charge in [0.05, 0.1) is 42.5 Å². The third-order valence-electron chi connectivity index (χ3n) is 16.7. The molecule has 4 aliphatic heterocycles. The number of hydrogen-bond donors (Lipinski definition) is 7. The molecular formula is C64H94N6O17. The summed E-state index contributed by atoms with van der Waals surface area (Å²) in [4.78, 5) is 120. The number of nitrogens with one attached hydrogen (secondary N) is 2. The average Bonchev–Trinajstić information content (AvgIpc) is 1.86. The number of aliphatic hydroxyl groups excluding tert-OH is 2. The Bertz CT molecular complexity index is 2640. The van der Waals surface area contributed by atoms with Crippen LogP contribution in [0, 0.1) is 23.7 Å².